The summed E-state index contributed by atoms with van der Waals surface area (Å²) in [6.45, 7) is 2.63. The van der Waals surface area contributed by atoms with E-state index in [1.54, 1.807) is 12.4 Å². The standard InChI is InChI=1S/C13H13N5/c1-9-2-3-10(6-16-9)8-18-12-4-5-15-7-11(12)17-13(18)14/h2-7H,8H2,1H3,(H2,14,17). The van der Waals surface area contributed by atoms with Gasteiger partial charge in [0.05, 0.1) is 18.3 Å². The fourth-order valence-electron chi connectivity index (χ4n) is 1.94. The van der Waals surface area contributed by atoms with Crippen molar-refractivity contribution in [3.8, 4) is 0 Å². The lowest BCUT2D eigenvalue weighted by atomic mass is 10.2. The molecule has 0 unspecified atom stereocenters. The van der Waals surface area contributed by atoms with Crippen LogP contribution in [0.1, 0.15) is 11.3 Å². The summed E-state index contributed by atoms with van der Waals surface area (Å²) in [4.78, 5) is 12.6. The molecule has 90 valence electrons. The number of hydrogen-bond acceptors (Lipinski definition) is 4. The lowest BCUT2D eigenvalue weighted by Gasteiger charge is -2.06. The van der Waals surface area contributed by atoms with E-state index < -0.39 is 0 Å². The van der Waals surface area contributed by atoms with Crippen LogP contribution in [0.25, 0.3) is 11.0 Å². The second-order valence-corrected chi connectivity index (χ2v) is 4.23. The van der Waals surface area contributed by atoms with Crippen LogP contribution in [0.2, 0.25) is 0 Å². The van der Waals surface area contributed by atoms with Crippen molar-refractivity contribution in [1.29, 1.82) is 0 Å². The molecule has 0 aromatic carbocycles. The number of pyridine rings is 2. The van der Waals surface area contributed by atoms with Gasteiger partial charge in [0, 0.05) is 18.1 Å². The predicted molar refractivity (Wildman–Crippen MR) is 70.0 cm³/mol. The van der Waals surface area contributed by atoms with E-state index in [0.29, 0.717) is 12.5 Å². The van der Waals surface area contributed by atoms with Crippen LogP contribution in [0.4, 0.5) is 5.95 Å². The Balaban J connectivity index is 2.04. The van der Waals surface area contributed by atoms with E-state index in [2.05, 4.69) is 21.0 Å². The average Bonchev–Trinajstić information content (AvgIpc) is 2.69. The Hall–Kier alpha value is -2.43. The third-order valence-electron chi connectivity index (χ3n) is 2.89. The topological polar surface area (TPSA) is 69.6 Å². The first-order valence-corrected chi connectivity index (χ1v) is 5.71. The maximum absolute atomic E-state index is 5.93. The summed E-state index contributed by atoms with van der Waals surface area (Å²) in [5.41, 5.74) is 9.84. The predicted octanol–water partition coefficient (Wildman–Crippen LogP) is 1.77. The first-order valence-electron chi connectivity index (χ1n) is 5.71. The molecule has 0 amide bonds. The Bertz CT molecular complexity index is 684. The highest BCUT2D eigenvalue weighted by atomic mass is 15.2. The average molecular weight is 239 g/mol. The van der Waals surface area contributed by atoms with Crippen molar-refractivity contribution in [3.63, 3.8) is 0 Å². The van der Waals surface area contributed by atoms with Gasteiger partial charge in [0.15, 0.2) is 0 Å². The summed E-state index contributed by atoms with van der Waals surface area (Å²) >= 11 is 0. The van der Waals surface area contributed by atoms with Crippen LogP contribution < -0.4 is 5.73 Å². The van der Waals surface area contributed by atoms with Gasteiger partial charge in [0.2, 0.25) is 5.95 Å². The van der Waals surface area contributed by atoms with Crippen LogP contribution in [-0.4, -0.2) is 19.5 Å². The highest BCUT2D eigenvalue weighted by Crippen LogP contribution is 2.17. The molecule has 3 heterocycles. The molecule has 0 bridgehead atoms. The number of rotatable bonds is 2. The third-order valence-corrected chi connectivity index (χ3v) is 2.89. The Morgan fingerprint density at radius 1 is 1.22 bits per heavy atom. The Labute approximate surface area is 104 Å². The maximum atomic E-state index is 5.93. The quantitative estimate of drug-likeness (QED) is 0.739. The van der Waals surface area contributed by atoms with E-state index in [0.717, 1.165) is 22.3 Å². The molecule has 5 heteroatoms. The number of nitrogen functional groups attached to an aromatic ring is 1. The van der Waals surface area contributed by atoms with Gasteiger partial charge in [-0.25, -0.2) is 4.98 Å². The summed E-state index contributed by atoms with van der Waals surface area (Å²) in [5, 5.41) is 0. The molecule has 0 radical (unpaired) electrons. The summed E-state index contributed by atoms with van der Waals surface area (Å²) in [5.74, 6) is 0.499. The Kier molecular flexibility index (Phi) is 2.44. The molecule has 3 aromatic heterocycles. The second kappa shape index (κ2) is 4.10. The van der Waals surface area contributed by atoms with Gasteiger partial charge in [0.1, 0.15) is 5.52 Å². The molecule has 3 rings (SSSR count). The van der Waals surface area contributed by atoms with Crippen LogP contribution in [0.5, 0.6) is 0 Å². The molecule has 0 saturated carbocycles. The normalized spacial score (nSPS) is 10.9. The molecule has 0 spiro atoms. The molecule has 0 atom stereocenters. The second-order valence-electron chi connectivity index (χ2n) is 4.23. The molecule has 0 saturated heterocycles. The van der Waals surface area contributed by atoms with Gasteiger partial charge >= 0.3 is 0 Å². The first-order chi connectivity index (χ1) is 8.74. The first kappa shape index (κ1) is 10.7. The number of imidazole rings is 1. The number of fused-ring (bicyclic) bond motifs is 1. The lowest BCUT2D eigenvalue weighted by Crippen LogP contribution is -2.04. The molecule has 2 N–H and O–H groups in total. The van der Waals surface area contributed by atoms with E-state index in [1.165, 1.54) is 0 Å². The molecular formula is C13H13N5. The molecule has 0 aliphatic heterocycles. The minimum Gasteiger partial charge on any atom is -0.369 e. The summed E-state index contributed by atoms with van der Waals surface area (Å²) in [6.07, 6.45) is 5.32. The monoisotopic (exact) mass is 239 g/mol. The number of nitrogens with zero attached hydrogens (tertiary/aromatic N) is 4. The number of nitrogens with two attached hydrogens (primary N) is 1. The smallest absolute Gasteiger partial charge is 0.201 e. The zero-order chi connectivity index (χ0) is 12.5. The zero-order valence-electron chi connectivity index (χ0n) is 10.0. The lowest BCUT2D eigenvalue weighted by molar-refractivity contribution is 0.831. The van der Waals surface area contributed by atoms with Crippen LogP contribution in [0, 0.1) is 6.92 Å². The fourth-order valence-corrected chi connectivity index (χ4v) is 1.94. The maximum Gasteiger partial charge on any atom is 0.201 e. The van der Waals surface area contributed by atoms with Crippen LogP contribution in [-0.2, 0) is 6.54 Å². The van der Waals surface area contributed by atoms with Crippen LogP contribution in [0.3, 0.4) is 0 Å². The van der Waals surface area contributed by atoms with Gasteiger partial charge in [-0.2, -0.15) is 0 Å². The third kappa shape index (κ3) is 1.79. The number of aryl methyl sites for hydroxylation is 1. The van der Waals surface area contributed by atoms with Gasteiger partial charge in [-0.05, 0) is 24.6 Å². The van der Waals surface area contributed by atoms with Crippen molar-refractivity contribution in [3.05, 3.63) is 48.0 Å². The minimum atomic E-state index is 0.499. The molecule has 5 nitrogen and oxygen atoms in total. The van der Waals surface area contributed by atoms with E-state index in [9.17, 15) is 0 Å². The molecule has 0 fully saturated rings. The van der Waals surface area contributed by atoms with Crippen LogP contribution in [0.15, 0.2) is 36.8 Å². The molecule has 18 heavy (non-hydrogen) atoms. The van der Waals surface area contributed by atoms with Crippen LogP contribution >= 0.6 is 0 Å². The Morgan fingerprint density at radius 3 is 2.89 bits per heavy atom. The Morgan fingerprint density at radius 2 is 2.11 bits per heavy atom. The van der Waals surface area contributed by atoms with Crippen molar-refractivity contribution in [1.82, 2.24) is 19.5 Å². The zero-order valence-corrected chi connectivity index (χ0v) is 10.0. The van der Waals surface area contributed by atoms with E-state index in [-0.39, 0.29) is 0 Å². The van der Waals surface area contributed by atoms with E-state index in [4.69, 9.17) is 5.73 Å². The van der Waals surface area contributed by atoms with E-state index in [1.807, 2.05) is 29.8 Å². The van der Waals surface area contributed by atoms with Crippen molar-refractivity contribution < 1.29 is 0 Å². The minimum absolute atomic E-state index is 0.499. The van der Waals surface area contributed by atoms with Gasteiger partial charge in [-0.1, -0.05) is 6.07 Å². The highest BCUT2D eigenvalue weighted by molar-refractivity contribution is 5.77. The van der Waals surface area contributed by atoms with Gasteiger partial charge in [-0.3, -0.25) is 9.97 Å². The van der Waals surface area contributed by atoms with Gasteiger partial charge in [0.25, 0.3) is 0 Å². The van der Waals surface area contributed by atoms with Gasteiger partial charge in [-0.15, -0.1) is 0 Å². The van der Waals surface area contributed by atoms with Gasteiger partial charge < -0.3 is 10.3 Å². The van der Waals surface area contributed by atoms with Crippen molar-refractivity contribution in [2.75, 3.05) is 5.73 Å². The van der Waals surface area contributed by atoms with E-state index >= 15 is 0 Å². The number of anilines is 1. The molecule has 0 aliphatic carbocycles. The van der Waals surface area contributed by atoms with Crippen molar-refractivity contribution in [2.24, 2.45) is 0 Å². The van der Waals surface area contributed by atoms with Crippen molar-refractivity contribution in [2.45, 2.75) is 13.5 Å². The molecule has 0 aliphatic rings. The summed E-state index contributed by atoms with van der Waals surface area (Å²) in [6, 6.07) is 5.96. The molecular weight excluding hydrogens is 226 g/mol. The SMILES string of the molecule is Cc1ccc(Cn2c(N)nc3cnccc32)cn1. The van der Waals surface area contributed by atoms with Crippen molar-refractivity contribution >= 4 is 17.0 Å². The summed E-state index contributed by atoms with van der Waals surface area (Å²) in [7, 11) is 0. The molecule has 3 aromatic rings. The largest absolute Gasteiger partial charge is 0.369 e. The highest BCUT2D eigenvalue weighted by Gasteiger charge is 2.08. The summed E-state index contributed by atoms with van der Waals surface area (Å²) < 4.78 is 1.96. The number of hydrogen-bond donors (Lipinski definition) is 1. The number of aromatic nitrogens is 4. The fraction of sp³-hybridized carbons (Fsp3) is 0.154.